The lowest BCUT2D eigenvalue weighted by Gasteiger charge is -2.23. The summed E-state index contributed by atoms with van der Waals surface area (Å²) in [5.41, 5.74) is 8.45. The lowest BCUT2D eigenvalue weighted by atomic mass is 10.0. The van der Waals surface area contributed by atoms with Crippen LogP contribution in [0.4, 0.5) is 5.69 Å². The molecule has 7 nitrogen and oxygen atoms in total. The molecular weight excluding hydrogens is 488 g/mol. The lowest BCUT2D eigenvalue weighted by Crippen LogP contribution is -2.37. The van der Waals surface area contributed by atoms with E-state index in [1.54, 1.807) is 24.3 Å². The molecule has 4 rings (SSSR count). The number of hydrogen-bond acceptors (Lipinski definition) is 6. The quantitative estimate of drug-likeness (QED) is 0.237. The lowest BCUT2D eigenvalue weighted by molar-refractivity contribution is -0.117. The fourth-order valence-corrected chi connectivity index (χ4v) is 5.67. The predicted molar refractivity (Wildman–Crippen MR) is 146 cm³/mol. The number of nitrogens with zero attached hydrogens (tertiary/aromatic N) is 1. The van der Waals surface area contributed by atoms with E-state index < -0.39 is 21.6 Å². The highest BCUT2D eigenvalue weighted by atomic mass is 32.2. The Bertz CT molecular complexity index is 1590. The van der Waals surface area contributed by atoms with Crippen molar-refractivity contribution in [3.05, 3.63) is 94.3 Å². The highest BCUT2D eigenvalue weighted by Crippen LogP contribution is 2.30. The largest absolute Gasteiger partial charge is 0.422 e. The molecule has 0 atom stereocenters. The summed E-state index contributed by atoms with van der Waals surface area (Å²) >= 11 is 0. The van der Waals surface area contributed by atoms with Gasteiger partial charge in [0.2, 0.25) is 5.91 Å². The van der Waals surface area contributed by atoms with Crippen molar-refractivity contribution in [2.45, 2.75) is 44.4 Å². The number of nitrogens with two attached hydrogens (primary N) is 1. The van der Waals surface area contributed by atoms with Crippen molar-refractivity contribution in [2.75, 3.05) is 10.8 Å². The molecule has 37 heavy (non-hydrogen) atoms. The van der Waals surface area contributed by atoms with E-state index in [-0.39, 0.29) is 17.0 Å². The molecule has 0 bridgehead atoms. The van der Waals surface area contributed by atoms with Crippen LogP contribution in [0.2, 0.25) is 0 Å². The van der Waals surface area contributed by atoms with Crippen LogP contribution in [0, 0.1) is 13.8 Å². The molecule has 0 saturated heterocycles. The van der Waals surface area contributed by atoms with Gasteiger partial charge in [-0.2, -0.15) is 0 Å². The van der Waals surface area contributed by atoms with Crippen molar-refractivity contribution in [1.82, 2.24) is 0 Å². The highest BCUT2D eigenvalue weighted by molar-refractivity contribution is 7.93. The molecule has 2 N–H and O–H groups in total. The third-order valence-corrected chi connectivity index (χ3v) is 8.03. The number of aryl methyl sites for hydroxylation is 2. The minimum absolute atomic E-state index is 0.0219. The predicted octanol–water partition coefficient (Wildman–Crippen LogP) is 5.32. The van der Waals surface area contributed by atoms with Crippen molar-refractivity contribution in [2.24, 2.45) is 5.73 Å². The number of hydrogen-bond donors (Lipinski definition) is 1. The Morgan fingerprint density at radius 2 is 1.62 bits per heavy atom. The number of unbranched alkanes of at least 4 members (excludes halogenated alkanes) is 2. The van der Waals surface area contributed by atoms with Gasteiger partial charge in [0.15, 0.2) is 0 Å². The van der Waals surface area contributed by atoms with Crippen LogP contribution in [0.3, 0.4) is 0 Å². The summed E-state index contributed by atoms with van der Waals surface area (Å²) in [6.07, 6.45) is 2.06. The summed E-state index contributed by atoms with van der Waals surface area (Å²) in [5, 5.41) is 0.510. The topological polar surface area (TPSA) is 111 Å². The number of carbonyl (C=O) groups is 1. The number of benzene rings is 3. The van der Waals surface area contributed by atoms with Gasteiger partial charge in [-0.1, -0.05) is 48.4 Å². The summed E-state index contributed by atoms with van der Waals surface area (Å²) in [6.45, 7) is 4.27. The van der Waals surface area contributed by atoms with Crippen molar-refractivity contribution < 1.29 is 17.6 Å². The van der Waals surface area contributed by atoms with Gasteiger partial charge in [-0.25, -0.2) is 17.5 Å². The zero-order valence-electron chi connectivity index (χ0n) is 20.9. The number of anilines is 1. The Morgan fingerprint density at radius 1 is 0.892 bits per heavy atom. The molecule has 0 aliphatic carbocycles. The first-order chi connectivity index (χ1) is 17.7. The SMILES string of the molecule is Cc1ccc(S(=O)(=O)N(C(=O)CCCCCN)c2ccc3oc(=O)c(-c4ccccc4C)cc3c2)cc1. The zero-order chi connectivity index (χ0) is 26.6. The van der Waals surface area contributed by atoms with Crippen molar-refractivity contribution in [1.29, 1.82) is 0 Å². The van der Waals surface area contributed by atoms with E-state index in [1.165, 1.54) is 24.3 Å². The number of rotatable bonds is 9. The molecule has 1 amide bonds. The van der Waals surface area contributed by atoms with Crippen molar-refractivity contribution in [3.8, 4) is 11.1 Å². The summed E-state index contributed by atoms with van der Waals surface area (Å²) in [5.74, 6) is -0.534. The third kappa shape index (κ3) is 5.65. The second kappa shape index (κ2) is 11.1. The van der Waals surface area contributed by atoms with Gasteiger partial charge in [-0.3, -0.25) is 4.79 Å². The third-order valence-electron chi connectivity index (χ3n) is 6.27. The molecule has 1 heterocycles. The molecule has 0 radical (unpaired) electrons. The monoisotopic (exact) mass is 518 g/mol. The van der Waals surface area contributed by atoms with Crippen molar-refractivity contribution in [3.63, 3.8) is 0 Å². The van der Waals surface area contributed by atoms with Gasteiger partial charge in [-0.05, 0) is 80.8 Å². The normalized spacial score (nSPS) is 11.5. The molecule has 0 unspecified atom stereocenters. The van der Waals surface area contributed by atoms with Crippen LogP contribution in [0.1, 0.15) is 36.8 Å². The minimum atomic E-state index is -4.19. The van der Waals surface area contributed by atoms with Gasteiger partial charge in [0, 0.05) is 11.8 Å². The minimum Gasteiger partial charge on any atom is -0.422 e. The summed E-state index contributed by atoms with van der Waals surface area (Å²) < 4.78 is 33.8. The van der Waals surface area contributed by atoms with Crippen LogP contribution in [0.25, 0.3) is 22.1 Å². The maximum atomic E-state index is 13.7. The molecular formula is C29H30N2O5S. The molecule has 0 aliphatic rings. The molecule has 0 aliphatic heterocycles. The first kappa shape index (κ1) is 26.3. The van der Waals surface area contributed by atoms with Crippen LogP contribution in [-0.2, 0) is 14.8 Å². The first-order valence-electron chi connectivity index (χ1n) is 12.2. The Balaban J connectivity index is 1.83. The Hall–Kier alpha value is -3.75. The second-order valence-electron chi connectivity index (χ2n) is 9.06. The van der Waals surface area contributed by atoms with Crippen LogP contribution >= 0.6 is 0 Å². The molecule has 0 spiro atoms. The zero-order valence-corrected chi connectivity index (χ0v) is 21.8. The molecule has 4 aromatic rings. The van der Waals surface area contributed by atoms with Crippen LogP contribution < -0.4 is 15.7 Å². The van der Waals surface area contributed by atoms with E-state index in [0.29, 0.717) is 29.5 Å². The van der Waals surface area contributed by atoms with Crippen LogP contribution in [0.15, 0.2) is 86.9 Å². The van der Waals surface area contributed by atoms with Gasteiger partial charge >= 0.3 is 5.63 Å². The molecule has 1 aromatic heterocycles. The number of sulfonamides is 1. The number of fused-ring (bicyclic) bond motifs is 1. The average Bonchev–Trinajstić information content (AvgIpc) is 2.87. The summed E-state index contributed by atoms with van der Waals surface area (Å²) in [4.78, 5) is 26.1. The standard InChI is InChI=1S/C29H30N2O5S/c1-20-11-14-24(15-12-20)37(34,35)31(28(32)10-4-3-7-17-30)23-13-16-27-22(18-23)19-26(29(33)36-27)25-9-6-5-8-21(25)2/h5-6,8-9,11-16,18-19H,3-4,7,10,17,30H2,1-2H3. The van der Waals surface area contributed by atoms with Crippen LogP contribution in [0.5, 0.6) is 0 Å². The van der Waals surface area contributed by atoms with E-state index in [1.807, 2.05) is 38.1 Å². The Kier molecular flexibility index (Phi) is 7.90. The molecule has 3 aromatic carbocycles. The van der Waals surface area contributed by atoms with Crippen molar-refractivity contribution >= 4 is 32.6 Å². The van der Waals surface area contributed by atoms with Gasteiger partial charge in [0.05, 0.1) is 16.1 Å². The Labute approximate surface area is 216 Å². The molecule has 192 valence electrons. The van der Waals surface area contributed by atoms with Gasteiger partial charge in [0.25, 0.3) is 10.0 Å². The first-order valence-corrected chi connectivity index (χ1v) is 13.6. The van der Waals surface area contributed by atoms with Gasteiger partial charge in [0.1, 0.15) is 5.58 Å². The highest BCUT2D eigenvalue weighted by Gasteiger charge is 2.31. The second-order valence-corrected chi connectivity index (χ2v) is 10.8. The van der Waals surface area contributed by atoms with E-state index in [2.05, 4.69) is 0 Å². The molecule has 0 fully saturated rings. The fourth-order valence-electron chi connectivity index (χ4n) is 4.23. The van der Waals surface area contributed by atoms with Gasteiger partial charge in [-0.15, -0.1) is 0 Å². The maximum Gasteiger partial charge on any atom is 0.344 e. The fraction of sp³-hybridized carbons (Fsp3) is 0.241. The van der Waals surface area contributed by atoms with E-state index >= 15 is 0 Å². The van der Waals surface area contributed by atoms with Gasteiger partial charge < -0.3 is 10.2 Å². The number of amides is 1. The van der Waals surface area contributed by atoms with E-state index in [0.717, 1.165) is 33.8 Å². The summed E-state index contributed by atoms with van der Waals surface area (Å²) in [7, 11) is -4.19. The smallest absolute Gasteiger partial charge is 0.344 e. The molecule has 0 saturated carbocycles. The van der Waals surface area contributed by atoms with E-state index in [4.69, 9.17) is 10.2 Å². The Morgan fingerprint density at radius 3 is 2.32 bits per heavy atom. The number of carbonyl (C=O) groups excluding carboxylic acids is 1. The van der Waals surface area contributed by atoms with Crippen LogP contribution in [-0.4, -0.2) is 20.9 Å². The average molecular weight is 519 g/mol. The maximum absolute atomic E-state index is 13.7. The molecule has 8 heteroatoms. The van der Waals surface area contributed by atoms with E-state index in [9.17, 15) is 18.0 Å². The summed E-state index contributed by atoms with van der Waals surface area (Å²) in [6, 6.07) is 20.1.